The van der Waals surface area contributed by atoms with E-state index in [-0.39, 0.29) is 30.4 Å². The third kappa shape index (κ3) is 4.47. The van der Waals surface area contributed by atoms with Gasteiger partial charge in [-0.25, -0.2) is 12.9 Å². The molecule has 1 aliphatic carbocycles. The number of fused-ring (bicyclic) bond motifs is 1. The maximum Gasteiger partial charge on any atom is 0.252 e. The van der Waals surface area contributed by atoms with Gasteiger partial charge in [0.1, 0.15) is 0 Å². The van der Waals surface area contributed by atoms with Gasteiger partial charge in [0.05, 0.1) is 34.8 Å². The second-order valence-electron chi connectivity index (χ2n) is 10.3. The lowest BCUT2D eigenvalue weighted by Gasteiger charge is -2.40. The van der Waals surface area contributed by atoms with Crippen molar-refractivity contribution in [2.45, 2.75) is 55.5 Å². The van der Waals surface area contributed by atoms with Crippen LogP contribution in [0.25, 0.3) is 16.9 Å². The monoisotopic (exact) mass is 544 g/mol. The van der Waals surface area contributed by atoms with Crippen molar-refractivity contribution in [1.29, 1.82) is 5.26 Å². The average Bonchev–Trinajstić information content (AvgIpc) is 3.47. The van der Waals surface area contributed by atoms with Crippen LogP contribution in [0.1, 0.15) is 37.7 Å². The van der Waals surface area contributed by atoms with Crippen molar-refractivity contribution in [2.24, 2.45) is 0 Å². The van der Waals surface area contributed by atoms with Crippen molar-refractivity contribution in [1.82, 2.24) is 28.7 Å². The molecular weight excluding hydrogens is 516 g/mol. The van der Waals surface area contributed by atoms with Gasteiger partial charge in [-0.15, -0.1) is 5.10 Å². The van der Waals surface area contributed by atoms with E-state index in [1.54, 1.807) is 44.6 Å². The van der Waals surface area contributed by atoms with Crippen LogP contribution >= 0.6 is 0 Å². The van der Waals surface area contributed by atoms with E-state index >= 15 is 0 Å². The molecule has 0 spiro atoms. The number of hydrogen-bond donors (Lipinski definition) is 0. The predicted octanol–water partition coefficient (Wildman–Crippen LogP) is 3.12. The Bertz CT molecular complexity index is 1670. The highest BCUT2D eigenvalue weighted by Gasteiger charge is 2.41. The fourth-order valence-corrected chi connectivity index (χ4v) is 6.66. The maximum absolute atomic E-state index is 13.2. The predicted molar refractivity (Wildman–Crippen MR) is 143 cm³/mol. The van der Waals surface area contributed by atoms with Crippen LogP contribution in [0.5, 0.6) is 0 Å². The molecule has 1 amide bonds. The Hall–Kier alpha value is -4.08. The number of carbonyl (C=O) groups is 1. The molecule has 1 saturated heterocycles. The molecule has 0 atom stereocenters. The van der Waals surface area contributed by atoms with Crippen molar-refractivity contribution < 1.29 is 13.2 Å². The first-order valence-corrected chi connectivity index (χ1v) is 14.4. The zero-order valence-electron chi connectivity index (χ0n) is 21.5. The molecule has 4 aromatic rings. The lowest BCUT2D eigenvalue weighted by molar-refractivity contribution is -0.107. The first-order chi connectivity index (χ1) is 18.8. The number of nitriles is 1. The summed E-state index contributed by atoms with van der Waals surface area (Å²) in [7, 11) is -3.62. The summed E-state index contributed by atoms with van der Waals surface area (Å²) >= 11 is 0. The van der Waals surface area contributed by atoms with Crippen LogP contribution in [-0.2, 0) is 20.4 Å². The van der Waals surface area contributed by atoms with Crippen molar-refractivity contribution in [3.8, 4) is 17.3 Å². The molecule has 4 heterocycles. The number of sulfonamides is 1. The minimum atomic E-state index is -3.62. The Kier molecular flexibility index (Phi) is 6.20. The summed E-state index contributed by atoms with van der Waals surface area (Å²) in [5, 5.41) is 18.9. The Morgan fingerprint density at radius 1 is 1.15 bits per heavy atom. The van der Waals surface area contributed by atoms with E-state index in [1.165, 1.54) is 4.31 Å². The SMILES string of the molecule is Cc1ccc(S(=O)(=O)N2CCC(CC#N)(n3cc(-c4cccc5nc(N(C=O)C6CC6)nn45)cn3)CC2)cc1. The zero-order chi connectivity index (χ0) is 27.2. The number of benzene rings is 1. The van der Waals surface area contributed by atoms with Gasteiger partial charge in [-0.1, -0.05) is 23.8 Å². The summed E-state index contributed by atoms with van der Waals surface area (Å²) in [5.74, 6) is 0.371. The number of hydrogen-bond acceptors (Lipinski definition) is 7. The van der Waals surface area contributed by atoms with Gasteiger partial charge in [0.2, 0.25) is 16.4 Å². The molecule has 3 aromatic heterocycles. The number of amides is 1. The fraction of sp³-hybridized carbons (Fsp3) is 0.370. The van der Waals surface area contributed by atoms with Crippen molar-refractivity contribution in [3.63, 3.8) is 0 Å². The van der Waals surface area contributed by atoms with Crippen LogP contribution in [0.3, 0.4) is 0 Å². The first-order valence-electron chi connectivity index (χ1n) is 12.9. The molecule has 2 aliphatic rings. The summed E-state index contributed by atoms with van der Waals surface area (Å²) in [6.45, 7) is 2.50. The molecule has 1 aromatic carbocycles. The van der Waals surface area contributed by atoms with Crippen LogP contribution in [0.15, 0.2) is 59.8 Å². The Morgan fingerprint density at radius 2 is 1.90 bits per heavy atom. The molecule has 200 valence electrons. The van der Waals surface area contributed by atoms with Crippen molar-refractivity contribution in [3.05, 3.63) is 60.4 Å². The van der Waals surface area contributed by atoms with Crippen molar-refractivity contribution >= 4 is 28.0 Å². The fourth-order valence-electron chi connectivity index (χ4n) is 5.22. The van der Waals surface area contributed by atoms with E-state index < -0.39 is 15.6 Å². The molecule has 12 heteroatoms. The van der Waals surface area contributed by atoms with Gasteiger partial charge in [0, 0.05) is 30.9 Å². The summed E-state index contributed by atoms with van der Waals surface area (Å²) < 4.78 is 31.5. The number of pyridine rings is 1. The number of anilines is 1. The second-order valence-corrected chi connectivity index (χ2v) is 12.2. The van der Waals surface area contributed by atoms with Gasteiger partial charge in [-0.3, -0.25) is 14.4 Å². The molecular formula is C27H28N8O3S. The highest BCUT2D eigenvalue weighted by Crippen LogP contribution is 2.36. The lowest BCUT2D eigenvalue weighted by atomic mass is 9.85. The highest BCUT2D eigenvalue weighted by molar-refractivity contribution is 7.89. The third-order valence-corrected chi connectivity index (χ3v) is 9.63. The number of aromatic nitrogens is 5. The molecule has 6 rings (SSSR count). The summed E-state index contributed by atoms with van der Waals surface area (Å²) in [6.07, 6.45) is 7.40. The van der Waals surface area contributed by atoms with E-state index in [2.05, 4.69) is 21.3 Å². The van der Waals surface area contributed by atoms with Gasteiger partial charge >= 0.3 is 0 Å². The second kappa shape index (κ2) is 9.59. The van der Waals surface area contributed by atoms with E-state index in [0.717, 1.165) is 36.1 Å². The summed E-state index contributed by atoms with van der Waals surface area (Å²) in [6, 6.07) is 14.9. The van der Waals surface area contributed by atoms with Gasteiger partial charge in [0.25, 0.3) is 5.95 Å². The molecule has 39 heavy (non-hydrogen) atoms. The maximum atomic E-state index is 13.2. The Balaban J connectivity index is 1.27. The number of piperidine rings is 1. The van der Waals surface area contributed by atoms with Gasteiger partial charge in [-0.2, -0.15) is 19.6 Å². The van der Waals surface area contributed by atoms with Gasteiger partial charge in [0.15, 0.2) is 5.65 Å². The number of carbonyl (C=O) groups excluding carboxylic acids is 1. The minimum absolute atomic E-state index is 0.151. The lowest BCUT2D eigenvalue weighted by Crippen LogP contribution is -2.48. The summed E-state index contributed by atoms with van der Waals surface area (Å²) in [4.78, 5) is 18.0. The van der Waals surface area contributed by atoms with E-state index in [4.69, 9.17) is 0 Å². The van der Waals surface area contributed by atoms with Crippen LogP contribution < -0.4 is 4.90 Å². The normalized spacial score (nSPS) is 17.6. The zero-order valence-corrected chi connectivity index (χ0v) is 22.3. The van der Waals surface area contributed by atoms with Crippen LogP contribution in [0.2, 0.25) is 0 Å². The number of nitrogens with zero attached hydrogens (tertiary/aromatic N) is 8. The molecule has 11 nitrogen and oxygen atoms in total. The highest BCUT2D eigenvalue weighted by atomic mass is 32.2. The number of rotatable bonds is 8. The smallest absolute Gasteiger partial charge is 0.252 e. The van der Waals surface area contributed by atoms with Crippen LogP contribution in [0.4, 0.5) is 5.95 Å². The topological polar surface area (TPSA) is 129 Å². The quantitative estimate of drug-likeness (QED) is 0.312. The molecule has 0 bridgehead atoms. The standard InChI is InChI=1S/C27H28N8O3S/c1-20-5-9-23(10-6-20)39(37,38)32-15-12-27(11-14-28,13-16-32)34-18-21(17-29-34)24-3-2-4-25-30-26(31-35(24)25)33(19-36)22-7-8-22/h2-6,9-10,17-19,22H,7-8,11-13,15-16H2,1H3. The molecule has 0 N–H and O–H groups in total. The number of aryl methyl sites for hydroxylation is 1. The van der Waals surface area contributed by atoms with Gasteiger partial charge < -0.3 is 0 Å². The minimum Gasteiger partial charge on any atom is -0.279 e. The molecule has 1 saturated carbocycles. The van der Waals surface area contributed by atoms with Crippen LogP contribution in [0, 0.1) is 18.3 Å². The van der Waals surface area contributed by atoms with E-state index in [0.29, 0.717) is 24.4 Å². The largest absolute Gasteiger partial charge is 0.279 e. The first kappa shape index (κ1) is 25.2. The third-order valence-electron chi connectivity index (χ3n) is 7.72. The van der Waals surface area contributed by atoms with Gasteiger partial charge in [-0.05, 0) is 56.9 Å². The Morgan fingerprint density at radius 3 is 2.56 bits per heavy atom. The van der Waals surface area contributed by atoms with E-state index in [9.17, 15) is 18.5 Å². The van der Waals surface area contributed by atoms with E-state index in [1.807, 2.05) is 31.3 Å². The van der Waals surface area contributed by atoms with Crippen molar-refractivity contribution in [2.75, 3.05) is 18.0 Å². The summed E-state index contributed by atoms with van der Waals surface area (Å²) in [5.41, 5.74) is 2.52. The Labute approximate surface area is 226 Å². The van der Waals surface area contributed by atoms with Crippen LogP contribution in [-0.4, -0.2) is 62.6 Å². The average molecular weight is 545 g/mol. The molecule has 0 radical (unpaired) electrons. The molecule has 1 aliphatic heterocycles. The molecule has 0 unspecified atom stereocenters. The molecule has 2 fully saturated rings.